The van der Waals surface area contributed by atoms with E-state index in [4.69, 9.17) is 27.6 Å². The van der Waals surface area contributed by atoms with E-state index < -0.39 is 0 Å². The normalized spacial score (nSPS) is 10.9. The van der Waals surface area contributed by atoms with E-state index in [-0.39, 0.29) is 11.7 Å². The van der Waals surface area contributed by atoms with Gasteiger partial charge in [0.1, 0.15) is 5.52 Å². The number of hydrogen-bond donors (Lipinski definition) is 1. The average molecular weight is 367 g/mol. The molecular formula is C16H12Cl2N2O2S. The van der Waals surface area contributed by atoms with Crippen LogP contribution in [0.25, 0.3) is 11.1 Å². The minimum Gasteiger partial charge on any atom is -0.431 e. The molecule has 4 nitrogen and oxygen atoms in total. The quantitative estimate of drug-likeness (QED) is 0.646. The lowest BCUT2D eigenvalue weighted by Crippen LogP contribution is -2.14. The Morgan fingerprint density at radius 2 is 2.09 bits per heavy atom. The summed E-state index contributed by atoms with van der Waals surface area (Å²) in [5, 5.41) is 4.29. The second-order valence-electron chi connectivity index (χ2n) is 4.91. The summed E-state index contributed by atoms with van der Waals surface area (Å²) in [5.41, 5.74) is 2.93. The van der Waals surface area contributed by atoms with Crippen LogP contribution < -0.4 is 5.32 Å². The zero-order chi connectivity index (χ0) is 16.4. The van der Waals surface area contributed by atoms with Gasteiger partial charge < -0.3 is 9.73 Å². The number of carbonyl (C=O) groups excluding carboxylic acids is 1. The van der Waals surface area contributed by atoms with Crippen LogP contribution in [0.5, 0.6) is 0 Å². The fraction of sp³-hybridized carbons (Fsp3) is 0.125. The Labute approximate surface area is 147 Å². The monoisotopic (exact) mass is 366 g/mol. The smallest absolute Gasteiger partial charge is 0.257 e. The topological polar surface area (TPSA) is 55.1 Å². The number of anilines is 1. The van der Waals surface area contributed by atoms with E-state index in [2.05, 4.69) is 10.3 Å². The molecule has 0 radical (unpaired) electrons. The summed E-state index contributed by atoms with van der Waals surface area (Å²) in [5.74, 6) is -0.00820. The van der Waals surface area contributed by atoms with Gasteiger partial charge in [0.25, 0.3) is 5.22 Å². The van der Waals surface area contributed by atoms with Gasteiger partial charge in [-0.1, -0.05) is 41.0 Å². The highest BCUT2D eigenvalue weighted by molar-refractivity contribution is 7.99. The van der Waals surface area contributed by atoms with Crippen molar-refractivity contribution >= 4 is 57.7 Å². The van der Waals surface area contributed by atoms with Gasteiger partial charge in [0.15, 0.2) is 5.58 Å². The van der Waals surface area contributed by atoms with Gasteiger partial charge in [0.2, 0.25) is 5.91 Å². The highest BCUT2D eigenvalue weighted by Crippen LogP contribution is 2.26. The van der Waals surface area contributed by atoms with Crippen molar-refractivity contribution in [1.82, 2.24) is 4.98 Å². The summed E-state index contributed by atoms with van der Waals surface area (Å²) >= 11 is 13.2. The minimum atomic E-state index is -0.180. The third kappa shape index (κ3) is 3.99. The number of rotatable bonds is 4. The minimum absolute atomic E-state index is 0.171. The summed E-state index contributed by atoms with van der Waals surface area (Å²) < 4.78 is 5.55. The number of halogens is 2. The predicted molar refractivity (Wildman–Crippen MR) is 94.6 cm³/mol. The molecule has 0 unspecified atom stereocenters. The van der Waals surface area contributed by atoms with Crippen molar-refractivity contribution in [3.8, 4) is 0 Å². The molecule has 23 heavy (non-hydrogen) atoms. The largest absolute Gasteiger partial charge is 0.431 e. The molecule has 3 aromatic rings. The average Bonchev–Trinajstić information content (AvgIpc) is 2.90. The second kappa shape index (κ2) is 6.83. The Kier molecular flexibility index (Phi) is 4.80. The number of aromatic nitrogens is 1. The van der Waals surface area contributed by atoms with Crippen LogP contribution >= 0.6 is 35.0 Å². The van der Waals surface area contributed by atoms with E-state index in [0.29, 0.717) is 32.1 Å². The molecule has 0 atom stereocenters. The molecule has 2 aromatic carbocycles. The molecule has 0 bridgehead atoms. The number of nitrogens with one attached hydrogen (secondary N) is 1. The van der Waals surface area contributed by atoms with E-state index in [9.17, 15) is 4.79 Å². The molecule has 1 heterocycles. The van der Waals surface area contributed by atoms with Crippen molar-refractivity contribution in [3.05, 3.63) is 52.0 Å². The lowest BCUT2D eigenvalue weighted by Gasteiger charge is -2.06. The van der Waals surface area contributed by atoms with Crippen molar-refractivity contribution in [1.29, 1.82) is 0 Å². The predicted octanol–water partition coefficient (Wildman–Crippen LogP) is 5.17. The Morgan fingerprint density at radius 1 is 1.26 bits per heavy atom. The van der Waals surface area contributed by atoms with Gasteiger partial charge in [-0.25, -0.2) is 4.98 Å². The van der Waals surface area contributed by atoms with Crippen LogP contribution in [0.1, 0.15) is 5.56 Å². The van der Waals surface area contributed by atoms with E-state index in [0.717, 1.165) is 5.56 Å². The van der Waals surface area contributed by atoms with E-state index in [1.165, 1.54) is 11.8 Å². The molecule has 118 valence electrons. The molecule has 1 amide bonds. The molecule has 0 saturated heterocycles. The highest BCUT2D eigenvalue weighted by atomic mass is 35.5. The van der Waals surface area contributed by atoms with Crippen LogP contribution in [-0.2, 0) is 4.79 Å². The van der Waals surface area contributed by atoms with Crippen molar-refractivity contribution in [3.63, 3.8) is 0 Å². The SMILES string of the molecule is Cc1ccc(NC(=O)CSc2nc3ccc(Cl)cc3o2)c(Cl)c1. The molecule has 0 spiro atoms. The van der Waals surface area contributed by atoms with Gasteiger partial charge in [-0.15, -0.1) is 0 Å². The number of amides is 1. The van der Waals surface area contributed by atoms with Gasteiger partial charge in [-0.2, -0.15) is 0 Å². The highest BCUT2D eigenvalue weighted by Gasteiger charge is 2.11. The molecule has 0 saturated carbocycles. The second-order valence-corrected chi connectivity index (χ2v) is 6.68. The number of aryl methyl sites for hydroxylation is 1. The maximum absolute atomic E-state index is 12.0. The van der Waals surface area contributed by atoms with E-state index >= 15 is 0 Å². The zero-order valence-electron chi connectivity index (χ0n) is 12.1. The number of thioether (sulfide) groups is 1. The Balaban J connectivity index is 1.63. The fourth-order valence-corrected chi connectivity index (χ4v) is 3.06. The Morgan fingerprint density at radius 3 is 2.87 bits per heavy atom. The maximum Gasteiger partial charge on any atom is 0.257 e. The first kappa shape index (κ1) is 16.2. The molecule has 0 aliphatic rings. The van der Waals surface area contributed by atoms with Crippen molar-refractivity contribution in [2.45, 2.75) is 12.1 Å². The number of nitrogens with zero attached hydrogens (tertiary/aromatic N) is 1. The van der Waals surface area contributed by atoms with Gasteiger partial charge >= 0.3 is 0 Å². The van der Waals surface area contributed by atoms with Crippen LogP contribution in [0.3, 0.4) is 0 Å². The van der Waals surface area contributed by atoms with E-state index in [1.807, 2.05) is 13.0 Å². The molecule has 0 aliphatic carbocycles. The third-order valence-corrected chi connectivity index (χ3v) is 4.43. The van der Waals surface area contributed by atoms with Crippen molar-refractivity contribution in [2.24, 2.45) is 0 Å². The lowest BCUT2D eigenvalue weighted by molar-refractivity contribution is -0.113. The van der Waals surface area contributed by atoms with Crippen molar-refractivity contribution < 1.29 is 9.21 Å². The third-order valence-electron chi connectivity index (χ3n) is 3.06. The number of carbonyl (C=O) groups is 1. The summed E-state index contributed by atoms with van der Waals surface area (Å²) in [6.45, 7) is 1.94. The number of hydrogen-bond acceptors (Lipinski definition) is 4. The molecule has 1 aromatic heterocycles. The first-order chi connectivity index (χ1) is 11.0. The summed E-state index contributed by atoms with van der Waals surface area (Å²) in [4.78, 5) is 16.3. The molecule has 1 N–H and O–H groups in total. The van der Waals surface area contributed by atoms with Gasteiger partial charge in [-0.05, 0) is 36.8 Å². The van der Waals surface area contributed by atoms with Crippen LogP contribution in [0.2, 0.25) is 10.0 Å². The summed E-state index contributed by atoms with van der Waals surface area (Å²) in [6.07, 6.45) is 0. The number of oxazole rings is 1. The van der Waals surface area contributed by atoms with Gasteiger partial charge in [0.05, 0.1) is 16.5 Å². The van der Waals surface area contributed by atoms with E-state index in [1.54, 1.807) is 30.3 Å². The van der Waals surface area contributed by atoms with Crippen LogP contribution in [0.4, 0.5) is 5.69 Å². The molecular weight excluding hydrogens is 355 g/mol. The fourth-order valence-electron chi connectivity index (χ4n) is 1.97. The summed E-state index contributed by atoms with van der Waals surface area (Å²) in [7, 11) is 0. The summed E-state index contributed by atoms with van der Waals surface area (Å²) in [6, 6.07) is 10.7. The Hall–Kier alpha value is -1.69. The first-order valence-electron chi connectivity index (χ1n) is 6.76. The zero-order valence-corrected chi connectivity index (χ0v) is 14.4. The van der Waals surface area contributed by atoms with Crippen LogP contribution in [0, 0.1) is 6.92 Å². The standard InChI is InChI=1S/C16H12Cl2N2O2S/c1-9-2-4-12(11(18)6-9)19-15(21)8-23-16-20-13-5-3-10(17)7-14(13)22-16/h2-7H,8H2,1H3,(H,19,21). The Bertz CT molecular complexity index is 880. The first-order valence-corrected chi connectivity index (χ1v) is 8.50. The lowest BCUT2D eigenvalue weighted by atomic mass is 10.2. The van der Waals surface area contributed by atoms with Gasteiger partial charge in [0, 0.05) is 11.1 Å². The van der Waals surface area contributed by atoms with Crippen LogP contribution in [0.15, 0.2) is 46.0 Å². The molecule has 7 heteroatoms. The van der Waals surface area contributed by atoms with Gasteiger partial charge in [-0.3, -0.25) is 4.79 Å². The number of fused-ring (bicyclic) bond motifs is 1. The van der Waals surface area contributed by atoms with Crippen molar-refractivity contribution in [2.75, 3.05) is 11.1 Å². The maximum atomic E-state index is 12.0. The number of benzene rings is 2. The molecule has 0 fully saturated rings. The molecule has 0 aliphatic heterocycles. The van der Waals surface area contributed by atoms with Crippen LogP contribution in [-0.4, -0.2) is 16.6 Å². The molecule has 3 rings (SSSR count).